The highest BCUT2D eigenvalue weighted by atomic mass is 16.5. The van der Waals surface area contributed by atoms with Crippen LogP contribution in [0.5, 0.6) is 0 Å². The molecular weight excluding hydrogens is 212 g/mol. The van der Waals surface area contributed by atoms with Crippen molar-refractivity contribution in [3.63, 3.8) is 0 Å². The zero-order valence-electron chi connectivity index (χ0n) is 11.4. The van der Waals surface area contributed by atoms with Crippen LogP contribution in [0.3, 0.4) is 0 Å². The number of nitrogens with zero attached hydrogens (tertiary/aromatic N) is 1. The predicted molar refractivity (Wildman–Crippen MR) is 71.0 cm³/mol. The van der Waals surface area contributed by atoms with E-state index in [1.807, 2.05) is 0 Å². The molecule has 1 aliphatic carbocycles. The van der Waals surface area contributed by atoms with Crippen LogP contribution in [0, 0.1) is 11.8 Å². The second-order valence-corrected chi connectivity index (χ2v) is 6.10. The summed E-state index contributed by atoms with van der Waals surface area (Å²) >= 11 is 0. The summed E-state index contributed by atoms with van der Waals surface area (Å²) in [5.41, 5.74) is 5.74. The molecule has 2 fully saturated rings. The van der Waals surface area contributed by atoms with Crippen LogP contribution >= 0.6 is 0 Å². The van der Waals surface area contributed by atoms with Gasteiger partial charge in [-0.15, -0.1) is 0 Å². The molecule has 0 aromatic heterocycles. The first-order valence-corrected chi connectivity index (χ1v) is 7.25. The molecule has 2 unspecified atom stereocenters. The van der Waals surface area contributed by atoms with Crippen LogP contribution in [-0.4, -0.2) is 43.3 Å². The van der Waals surface area contributed by atoms with Crippen LogP contribution in [0.4, 0.5) is 0 Å². The van der Waals surface area contributed by atoms with Gasteiger partial charge in [0.15, 0.2) is 0 Å². The summed E-state index contributed by atoms with van der Waals surface area (Å²) < 4.78 is 5.78. The lowest BCUT2D eigenvalue weighted by atomic mass is 9.82. The van der Waals surface area contributed by atoms with Crippen molar-refractivity contribution in [2.75, 3.05) is 26.2 Å². The lowest BCUT2D eigenvalue weighted by Crippen LogP contribution is -2.47. The van der Waals surface area contributed by atoms with Crippen LogP contribution in [0.2, 0.25) is 0 Å². The van der Waals surface area contributed by atoms with Gasteiger partial charge in [-0.25, -0.2) is 0 Å². The standard InChI is InChI=1S/C14H28N2O/c1-11-8-16(9-12(2)17-11)10-14-5-3-13(7-15)4-6-14/h11-14H,3-10,15H2,1-2H3. The van der Waals surface area contributed by atoms with E-state index in [0.717, 1.165) is 31.5 Å². The lowest BCUT2D eigenvalue weighted by molar-refractivity contribution is -0.0728. The summed E-state index contributed by atoms with van der Waals surface area (Å²) in [5, 5.41) is 0. The number of morpholine rings is 1. The maximum absolute atomic E-state index is 5.78. The molecule has 0 amide bonds. The van der Waals surface area contributed by atoms with Crippen molar-refractivity contribution in [2.24, 2.45) is 17.6 Å². The van der Waals surface area contributed by atoms with Crippen molar-refractivity contribution in [3.05, 3.63) is 0 Å². The first kappa shape index (κ1) is 13.3. The lowest BCUT2D eigenvalue weighted by Gasteiger charge is -2.38. The van der Waals surface area contributed by atoms with Gasteiger partial charge >= 0.3 is 0 Å². The molecule has 0 bridgehead atoms. The molecule has 0 aromatic rings. The van der Waals surface area contributed by atoms with E-state index in [9.17, 15) is 0 Å². The van der Waals surface area contributed by atoms with E-state index in [-0.39, 0.29) is 0 Å². The molecule has 0 spiro atoms. The highest BCUT2D eigenvalue weighted by Crippen LogP contribution is 2.29. The fraction of sp³-hybridized carbons (Fsp3) is 1.00. The van der Waals surface area contributed by atoms with E-state index in [1.54, 1.807) is 0 Å². The van der Waals surface area contributed by atoms with Gasteiger partial charge < -0.3 is 10.5 Å². The summed E-state index contributed by atoms with van der Waals surface area (Å²) in [6.07, 6.45) is 6.25. The van der Waals surface area contributed by atoms with Gasteiger partial charge in [-0.05, 0) is 57.9 Å². The molecule has 3 heteroatoms. The van der Waals surface area contributed by atoms with Gasteiger partial charge in [0.25, 0.3) is 0 Å². The molecule has 1 saturated carbocycles. The Kier molecular flexibility index (Phi) is 4.83. The van der Waals surface area contributed by atoms with E-state index in [2.05, 4.69) is 18.7 Å². The number of ether oxygens (including phenoxy) is 1. The fourth-order valence-corrected chi connectivity index (χ4v) is 3.45. The minimum Gasteiger partial charge on any atom is -0.373 e. The van der Waals surface area contributed by atoms with Gasteiger partial charge in [0.1, 0.15) is 0 Å². The number of hydrogen-bond donors (Lipinski definition) is 1. The van der Waals surface area contributed by atoms with Gasteiger partial charge in [0, 0.05) is 19.6 Å². The molecule has 17 heavy (non-hydrogen) atoms. The normalized spacial score (nSPS) is 40.4. The highest BCUT2D eigenvalue weighted by Gasteiger charge is 2.26. The van der Waals surface area contributed by atoms with E-state index in [0.29, 0.717) is 12.2 Å². The molecule has 2 atom stereocenters. The molecular formula is C14H28N2O. The van der Waals surface area contributed by atoms with E-state index in [4.69, 9.17) is 10.5 Å². The Morgan fingerprint density at radius 1 is 1.00 bits per heavy atom. The van der Waals surface area contributed by atoms with Gasteiger partial charge in [0.05, 0.1) is 12.2 Å². The molecule has 2 rings (SSSR count). The average Bonchev–Trinajstić information content (AvgIpc) is 2.28. The molecule has 100 valence electrons. The third-order valence-corrected chi connectivity index (χ3v) is 4.31. The maximum atomic E-state index is 5.78. The summed E-state index contributed by atoms with van der Waals surface area (Å²) in [7, 11) is 0. The van der Waals surface area contributed by atoms with E-state index >= 15 is 0 Å². The number of nitrogens with two attached hydrogens (primary N) is 1. The summed E-state index contributed by atoms with van der Waals surface area (Å²) in [6.45, 7) is 8.76. The Hall–Kier alpha value is -0.120. The van der Waals surface area contributed by atoms with Crippen LogP contribution in [0.25, 0.3) is 0 Å². The van der Waals surface area contributed by atoms with Crippen LogP contribution in [0.15, 0.2) is 0 Å². The molecule has 0 radical (unpaired) electrons. The van der Waals surface area contributed by atoms with Gasteiger partial charge in [-0.2, -0.15) is 0 Å². The SMILES string of the molecule is CC1CN(CC2CCC(CN)CC2)CC(C)O1. The Balaban J connectivity index is 1.74. The van der Waals surface area contributed by atoms with Crippen molar-refractivity contribution in [1.29, 1.82) is 0 Å². The monoisotopic (exact) mass is 240 g/mol. The van der Waals surface area contributed by atoms with Crippen LogP contribution in [-0.2, 0) is 4.74 Å². The van der Waals surface area contributed by atoms with Crippen LogP contribution in [0.1, 0.15) is 39.5 Å². The highest BCUT2D eigenvalue weighted by molar-refractivity contribution is 4.79. The molecule has 2 N–H and O–H groups in total. The summed E-state index contributed by atoms with van der Waals surface area (Å²) in [4.78, 5) is 2.60. The second kappa shape index (κ2) is 6.17. The van der Waals surface area contributed by atoms with Crippen molar-refractivity contribution in [1.82, 2.24) is 4.90 Å². The first-order chi connectivity index (χ1) is 8.17. The molecule has 1 heterocycles. The van der Waals surface area contributed by atoms with Crippen molar-refractivity contribution >= 4 is 0 Å². The minimum absolute atomic E-state index is 0.402. The molecule has 2 aliphatic rings. The van der Waals surface area contributed by atoms with Gasteiger partial charge in [0.2, 0.25) is 0 Å². The Labute approximate surface area is 106 Å². The maximum Gasteiger partial charge on any atom is 0.0678 e. The number of hydrogen-bond acceptors (Lipinski definition) is 3. The molecule has 1 saturated heterocycles. The summed E-state index contributed by atoms with van der Waals surface area (Å²) in [5.74, 6) is 1.70. The molecule has 3 nitrogen and oxygen atoms in total. The quantitative estimate of drug-likeness (QED) is 0.818. The molecule has 0 aromatic carbocycles. The zero-order chi connectivity index (χ0) is 12.3. The second-order valence-electron chi connectivity index (χ2n) is 6.10. The third-order valence-electron chi connectivity index (χ3n) is 4.31. The minimum atomic E-state index is 0.402. The summed E-state index contributed by atoms with van der Waals surface area (Å²) in [6, 6.07) is 0. The number of rotatable bonds is 3. The van der Waals surface area contributed by atoms with Crippen molar-refractivity contribution in [2.45, 2.75) is 51.7 Å². The van der Waals surface area contributed by atoms with E-state index in [1.165, 1.54) is 32.2 Å². The fourth-order valence-electron chi connectivity index (χ4n) is 3.45. The topological polar surface area (TPSA) is 38.5 Å². The third kappa shape index (κ3) is 3.94. The smallest absolute Gasteiger partial charge is 0.0678 e. The molecule has 1 aliphatic heterocycles. The van der Waals surface area contributed by atoms with Crippen molar-refractivity contribution < 1.29 is 4.74 Å². The van der Waals surface area contributed by atoms with Gasteiger partial charge in [-0.3, -0.25) is 4.90 Å². The van der Waals surface area contributed by atoms with Crippen LogP contribution < -0.4 is 5.73 Å². The predicted octanol–water partition coefficient (Wildman–Crippen LogP) is 1.86. The Bertz CT molecular complexity index is 216. The Morgan fingerprint density at radius 2 is 1.53 bits per heavy atom. The zero-order valence-corrected chi connectivity index (χ0v) is 11.4. The average molecular weight is 240 g/mol. The first-order valence-electron chi connectivity index (χ1n) is 7.25. The van der Waals surface area contributed by atoms with Crippen molar-refractivity contribution in [3.8, 4) is 0 Å². The largest absolute Gasteiger partial charge is 0.373 e. The van der Waals surface area contributed by atoms with Gasteiger partial charge in [-0.1, -0.05) is 0 Å². The Morgan fingerprint density at radius 3 is 2.06 bits per heavy atom. The van der Waals surface area contributed by atoms with E-state index < -0.39 is 0 Å².